The number of carboxylic acid groups (broad SMARTS) is 2. The number of aliphatic carboxylic acids is 2. The summed E-state index contributed by atoms with van der Waals surface area (Å²) in [6.07, 6.45) is -0.623. The topological polar surface area (TPSA) is 144 Å². The Kier molecular flexibility index (Phi) is 9.33. The van der Waals surface area contributed by atoms with Gasteiger partial charge >= 0.3 is 11.9 Å². The maximum absolute atomic E-state index is 13.3. The van der Waals surface area contributed by atoms with Crippen LogP contribution in [0.2, 0.25) is 0 Å². The SMILES string of the molecule is COc1cc2cc(C(=O)CCC(=O)O)sc2cc1CS(=O)Cc1cc2cc(C(=O)CCC(=O)O)sc2cc1OC. The molecular weight excluding hydrogens is 577 g/mol. The molecule has 0 spiro atoms. The molecule has 0 aliphatic heterocycles. The molecule has 0 saturated carbocycles. The third-order valence-corrected chi connectivity index (χ3v) is 9.70. The van der Waals surface area contributed by atoms with Crippen molar-refractivity contribution < 1.29 is 43.1 Å². The normalized spacial score (nSPS) is 11.9. The zero-order valence-electron chi connectivity index (χ0n) is 21.7. The van der Waals surface area contributed by atoms with Gasteiger partial charge in [-0.15, -0.1) is 22.7 Å². The molecule has 0 saturated heterocycles. The number of thiophene rings is 2. The first kappa shape index (κ1) is 29.4. The number of carboxylic acids is 2. The van der Waals surface area contributed by atoms with Crippen LogP contribution in [0.3, 0.4) is 0 Å². The fraction of sp³-hybridized carbons (Fsp3) is 0.286. The minimum Gasteiger partial charge on any atom is -0.496 e. The largest absolute Gasteiger partial charge is 0.496 e. The first-order valence-corrected chi connectivity index (χ1v) is 15.3. The van der Waals surface area contributed by atoms with Gasteiger partial charge in [0.1, 0.15) is 11.5 Å². The van der Waals surface area contributed by atoms with E-state index in [1.165, 1.54) is 36.9 Å². The van der Waals surface area contributed by atoms with E-state index in [4.69, 9.17) is 19.7 Å². The summed E-state index contributed by atoms with van der Waals surface area (Å²) in [5, 5.41) is 19.3. The predicted molar refractivity (Wildman–Crippen MR) is 155 cm³/mol. The number of carbonyl (C=O) groups excluding carboxylic acids is 2. The molecule has 12 heteroatoms. The lowest BCUT2D eigenvalue weighted by Crippen LogP contribution is -2.03. The number of Topliss-reactive ketones (excluding diaryl/α,β-unsaturated/α-hetero) is 2. The van der Waals surface area contributed by atoms with Crippen molar-refractivity contribution in [1.82, 2.24) is 0 Å². The Hall–Kier alpha value is -3.61. The average Bonchev–Trinajstić information content (AvgIpc) is 3.52. The molecule has 0 amide bonds. The van der Waals surface area contributed by atoms with Crippen LogP contribution in [0, 0.1) is 0 Å². The molecule has 210 valence electrons. The molecule has 0 aliphatic rings. The number of fused-ring (bicyclic) bond motifs is 2. The van der Waals surface area contributed by atoms with Crippen molar-refractivity contribution in [1.29, 1.82) is 0 Å². The highest BCUT2D eigenvalue weighted by Gasteiger charge is 2.18. The van der Waals surface area contributed by atoms with Crippen molar-refractivity contribution in [2.75, 3.05) is 14.2 Å². The van der Waals surface area contributed by atoms with Crippen LogP contribution in [0.4, 0.5) is 0 Å². The van der Waals surface area contributed by atoms with Crippen molar-refractivity contribution >= 4 is 77.2 Å². The van der Waals surface area contributed by atoms with Crippen molar-refractivity contribution in [2.24, 2.45) is 0 Å². The van der Waals surface area contributed by atoms with E-state index in [1.807, 2.05) is 12.1 Å². The van der Waals surface area contributed by atoms with Crippen molar-refractivity contribution in [3.63, 3.8) is 0 Å². The number of carbonyl (C=O) groups is 4. The quantitative estimate of drug-likeness (QED) is 0.174. The second-order valence-corrected chi connectivity index (χ2v) is 12.6. The van der Waals surface area contributed by atoms with Gasteiger partial charge in [0, 0.05) is 44.2 Å². The van der Waals surface area contributed by atoms with Crippen LogP contribution in [0.5, 0.6) is 11.5 Å². The standard InChI is InChI=1S/C28H26O9S3/c1-36-21-8-16-10-26(20(30)4-6-28(33)34)38-23(16)11-18(21)14-40(35)13-17-7-15-9-25(19(29)3-5-27(31)32)39-24(15)12-22(17)37-2/h7-12H,3-6,13-14H2,1-2H3,(H,31,32)(H,33,34). The van der Waals surface area contributed by atoms with Gasteiger partial charge in [0.25, 0.3) is 0 Å². The van der Waals surface area contributed by atoms with E-state index >= 15 is 0 Å². The van der Waals surface area contributed by atoms with E-state index in [1.54, 1.807) is 24.3 Å². The van der Waals surface area contributed by atoms with Crippen LogP contribution in [0.1, 0.15) is 56.2 Å². The van der Waals surface area contributed by atoms with Gasteiger partial charge in [-0.25, -0.2) is 0 Å². The summed E-state index contributed by atoms with van der Waals surface area (Å²) >= 11 is 2.53. The Morgan fingerprint density at radius 1 is 0.675 bits per heavy atom. The number of rotatable bonds is 14. The smallest absolute Gasteiger partial charge is 0.303 e. The van der Waals surface area contributed by atoms with Gasteiger partial charge in [-0.3, -0.25) is 23.4 Å². The zero-order valence-corrected chi connectivity index (χ0v) is 24.1. The van der Waals surface area contributed by atoms with Crippen LogP contribution in [0.25, 0.3) is 20.2 Å². The molecule has 2 aromatic heterocycles. The summed E-state index contributed by atoms with van der Waals surface area (Å²) in [6, 6.07) is 10.7. The average molecular weight is 603 g/mol. The Balaban J connectivity index is 1.54. The molecule has 0 aliphatic carbocycles. The number of ketones is 2. The van der Waals surface area contributed by atoms with Gasteiger partial charge in [0.2, 0.25) is 0 Å². The molecule has 0 fully saturated rings. The van der Waals surface area contributed by atoms with E-state index < -0.39 is 22.7 Å². The Morgan fingerprint density at radius 2 is 1.12 bits per heavy atom. The van der Waals surface area contributed by atoms with Crippen LogP contribution in [-0.4, -0.2) is 52.1 Å². The van der Waals surface area contributed by atoms with E-state index in [2.05, 4.69) is 0 Å². The molecule has 1 unspecified atom stereocenters. The van der Waals surface area contributed by atoms with Gasteiger partial charge in [0.15, 0.2) is 11.6 Å². The second kappa shape index (κ2) is 12.7. The van der Waals surface area contributed by atoms with Crippen molar-refractivity contribution in [2.45, 2.75) is 37.2 Å². The first-order chi connectivity index (χ1) is 19.1. The summed E-state index contributed by atoms with van der Waals surface area (Å²) in [5.74, 6) is -1.10. The van der Waals surface area contributed by atoms with Gasteiger partial charge in [-0.2, -0.15) is 0 Å². The Bertz CT molecular complexity index is 1530. The van der Waals surface area contributed by atoms with E-state index in [0.717, 1.165) is 20.2 Å². The van der Waals surface area contributed by atoms with Crippen LogP contribution >= 0.6 is 22.7 Å². The number of ether oxygens (including phenoxy) is 2. The third-order valence-electron chi connectivity index (χ3n) is 6.15. The summed E-state index contributed by atoms with van der Waals surface area (Å²) in [4.78, 5) is 47.4. The molecule has 0 radical (unpaired) electrons. The molecule has 4 rings (SSSR count). The summed E-state index contributed by atoms with van der Waals surface area (Å²) in [6.45, 7) is 0. The Labute approximate surface area is 239 Å². The fourth-order valence-corrected chi connectivity index (χ4v) is 7.55. The molecule has 40 heavy (non-hydrogen) atoms. The van der Waals surface area contributed by atoms with Gasteiger partial charge in [-0.05, 0) is 47.2 Å². The summed E-state index contributed by atoms with van der Waals surface area (Å²) in [5.41, 5.74) is 1.42. The third kappa shape index (κ3) is 6.93. The minimum atomic E-state index is -1.37. The minimum absolute atomic E-state index is 0.0788. The maximum Gasteiger partial charge on any atom is 0.303 e. The van der Waals surface area contributed by atoms with Crippen LogP contribution in [0.15, 0.2) is 36.4 Å². The molecular formula is C28H26O9S3. The molecule has 1 atom stereocenters. The van der Waals surface area contributed by atoms with Gasteiger partial charge in [0.05, 0.1) is 48.3 Å². The maximum atomic E-state index is 13.3. The number of hydrogen-bond donors (Lipinski definition) is 2. The zero-order chi connectivity index (χ0) is 29.0. The fourth-order valence-electron chi connectivity index (χ4n) is 4.19. The highest BCUT2D eigenvalue weighted by atomic mass is 32.2. The molecule has 2 aromatic carbocycles. The van der Waals surface area contributed by atoms with E-state index in [9.17, 15) is 23.4 Å². The van der Waals surface area contributed by atoms with Gasteiger partial charge < -0.3 is 19.7 Å². The number of benzene rings is 2. The number of hydrogen-bond acceptors (Lipinski definition) is 9. The molecule has 2 N–H and O–H groups in total. The molecule has 0 bridgehead atoms. The van der Waals surface area contributed by atoms with Crippen molar-refractivity contribution in [3.8, 4) is 11.5 Å². The van der Waals surface area contributed by atoms with Gasteiger partial charge in [-0.1, -0.05) is 0 Å². The van der Waals surface area contributed by atoms with E-state index in [-0.39, 0.29) is 48.8 Å². The van der Waals surface area contributed by atoms with Crippen LogP contribution in [-0.2, 0) is 31.9 Å². The second-order valence-electron chi connectivity index (χ2n) is 8.99. The Morgan fingerprint density at radius 3 is 1.62 bits per heavy atom. The summed E-state index contributed by atoms with van der Waals surface area (Å²) in [7, 11) is 1.66. The van der Waals surface area contributed by atoms with Crippen LogP contribution < -0.4 is 9.47 Å². The molecule has 9 nitrogen and oxygen atoms in total. The lowest BCUT2D eigenvalue weighted by atomic mass is 10.1. The monoisotopic (exact) mass is 602 g/mol. The first-order valence-electron chi connectivity index (χ1n) is 12.1. The predicted octanol–water partition coefficient (Wildman–Crippen LogP) is 5.68. The van der Waals surface area contributed by atoms with E-state index in [0.29, 0.717) is 32.4 Å². The molecule has 4 aromatic rings. The molecule has 2 heterocycles. The highest BCUT2D eigenvalue weighted by Crippen LogP contribution is 2.36. The lowest BCUT2D eigenvalue weighted by molar-refractivity contribution is -0.137. The summed E-state index contributed by atoms with van der Waals surface area (Å²) < 4.78 is 26.0. The van der Waals surface area contributed by atoms with Crippen molar-refractivity contribution in [3.05, 3.63) is 57.3 Å². The lowest BCUT2D eigenvalue weighted by Gasteiger charge is -2.11. The number of methoxy groups -OCH3 is 2. The highest BCUT2D eigenvalue weighted by molar-refractivity contribution is 7.83.